The first-order chi connectivity index (χ1) is 20.1. The lowest BCUT2D eigenvalue weighted by atomic mass is 10.0. The number of alkyl halides is 3. The third kappa shape index (κ3) is 4.81. The van der Waals surface area contributed by atoms with Crippen LogP contribution in [-0.4, -0.2) is 42.2 Å². The zero-order chi connectivity index (χ0) is 29.6. The minimum Gasteiger partial charge on any atom is -0.396 e. The summed E-state index contributed by atoms with van der Waals surface area (Å²) in [6.45, 7) is 0.0354. The molecule has 0 aliphatic carbocycles. The lowest BCUT2D eigenvalue weighted by molar-refractivity contribution is -0.137. The van der Waals surface area contributed by atoms with Crippen LogP contribution in [0.1, 0.15) is 21.5 Å². The molecule has 3 aromatic carbocycles. The van der Waals surface area contributed by atoms with E-state index in [1.807, 2.05) is 12.1 Å². The van der Waals surface area contributed by atoms with Gasteiger partial charge in [-0.15, -0.1) is 0 Å². The molecule has 3 aromatic heterocycles. The molecule has 6 aromatic rings. The molecule has 0 saturated heterocycles. The van der Waals surface area contributed by atoms with E-state index >= 15 is 0 Å². The molecule has 9 nitrogen and oxygen atoms in total. The first-order valence-electron chi connectivity index (χ1n) is 12.9. The molecule has 212 valence electrons. The van der Waals surface area contributed by atoms with E-state index < -0.39 is 17.3 Å². The van der Waals surface area contributed by atoms with Gasteiger partial charge in [0.25, 0.3) is 11.5 Å². The van der Waals surface area contributed by atoms with Gasteiger partial charge < -0.3 is 10.4 Å². The van der Waals surface area contributed by atoms with E-state index in [1.165, 1.54) is 27.7 Å². The molecule has 3 N–H and O–H groups in total. The van der Waals surface area contributed by atoms with Crippen LogP contribution in [0.15, 0.2) is 83.8 Å². The normalized spacial score (nSPS) is 11.8. The molecular weight excluding hydrogens is 549 g/mol. The van der Waals surface area contributed by atoms with Crippen molar-refractivity contribution < 1.29 is 23.1 Å². The molecule has 0 radical (unpaired) electrons. The summed E-state index contributed by atoms with van der Waals surface area (Å²) in [5.74, 6) is -0.353. The number of pyridine rings is 1. The van der Waals surface area contributed by atoms with Crippen LogP contribution in [0.5, 0.6) is 0 Å². The Morgan fingerprint density at radius 3 is 2.48 bits per heavy atom. The Kier molecular flexibility index (Phi) is 6.62. The molecule has 3 heterocycles. The van der Waals surface area contributed by atoms with Gasteiger partial charge in [-0.25, -0.2) is 9.67 Å². The van der Waals surface area contributed by atoms with E-state index in [2.05, 4.69) is 20.5 Å². The number of nitrogens with zero attached hydrogens (tertiary/aromatic N) is 4. The van der Waals surface area contributed by atoms with Crippen LogP contribution in [0, 0.1) is 0 Å². The maximum atomic E-state index is 13.7. The van der Waals surface area contributed by atoms with Crippen LogP contribution in [0.3, 0.4) is 0 Å². The van der Waals surface area contributed by atoms with Gasteiger partial charge in [0.05, 0.1) is 39.4 Å². The third-order valence-electron chi connectivity index (χ3n) is 6.99. The Morgan fingerprint density at radius 2 is 1.79 bits per heavy atom. The molecule has 1 amide bonds. The highest BCUT2D eigenvalue weighted by atomic mass is 19.4. The van der Waals surface area contributed by atoms with Crippen LogP contribution in [0.4, 0.5) is 18.9 Å². The van der Waals surface area contributed by atoms with Crippen molar-refractivity contribution in [1.82, 2.24) is 24.5 Å². The number of rotatable bonds is 6. The number of nitrogens with one attached hydrogen (secondary N) is 2. The number of carbonyl (C=O) groups is 1. The summed E-state index contributed by atoms with van der Waals surface area (Å²) >= 11 is 0. The van der Waals surface area contributed by atoms with Gasteiger partial charge in [0.2, 0.25) is 0 Å². The Balaban J connectivity index is 1.39. The first-order valence-corrected chi connectivity index (χ1v) is 12.9. The number of hydrogen-bond acceptors (Lipinski definition) is 5. The van der Waals surface area contributed by atoms with E-state index in [0.29, 0.717) is 39.9 Å². The first kappa shape index (κ1) is 27.0. The summed E-state index contributed by atoms with van der Waals surface area (Å²) in [5, 5.41) is 19.8. The minimum atomic E-state index is -4.57. The zero-order valence-corrected chi connectivity index (χ0v) is 22.1. The SMILES string of the molecule is Cn1ncc2c3[nH]n(-c4ccc(C(=O)Nc5ccc(CCO)cc5)cc4)c(=O)c3c(-c3cccc(C(F)(F)F)c3)nc21. The molecule has 0 fully saturated rings. The quantitative estimate of drug-likeness (QED) is 0.258. The fourth-order valence-electron chi connectivity index (χ4n) is 4.84. The Bertz CT molecular complexity index is 2010. The second-order valence-electron chi connectivity index (χ2n) is 9.72. The average molecular weight is 573 g/mol. The number of halogens is 3. The third-order valence-corrected chi connectivity index (χ3v) is 6.99. The Hall–Kier alpha value is -5.23. The molecule has 6 rings (SSSR count). The number of aliphatic hydroxyl groups is 1. The van der Waals surface area contributed by atoms with Gasteiger partial charge in [0.1, 0.15) is 0 Å². The summed E-state index contributed by atoms with van der Waals surface area (Å²) in [6.07, 6.45) is -2.52. The van der Waals surface area contributed by atoms with Crippen molar-refractivity contribution in [3.05, 3.63) is 106 Å². The van der Waals surface area contributed by atoms with Gasteiger partial charge >= 0.3 is 6.18 Å². The molecule has 42 heavy (non-hydrogen) atoms. The number of carbonyl (C=O) groups excluding carboxylic acids is 1. The minimum absolute atomic E-state index is 0.0354. The maximum absolute atomic E-state index is 13.7. The maximum Gasteiger partial charge on any atom is 0.416 e. The molecule has 0 unspecified atom stereocenters. The molecule has 0 bridgehead atoms. The van der Waals surface area contributed by atoms with Crippen molar-refractivity contribution in [2.45, 2.75) is 12.6 Å². The van der Waals surface area contributed by atoms with Gasteiger partial charge in [-0.2, -0.15) is 18.3 Å². The Labute approximate surface area is 235 Å². The van der Waals surface area contributed by atoms with Crippen LogP contribution in [0.25, 0.3) is 38.9 Å². The van der Waals surface area contributed by atoms with E-state index in [9.17, 15) is 22.8 Å². The highest BCUT2D eigenvalue weighted by Gasteiger charge is 2.31. The molecular formula is C30H23F3N6O3. The number of amides is 1. The number of aliphatic hydroxyl groups excluding tert-OH is 1. The number of H-pyrrole nitrogens is 1. The van der Waals surface area contributed by atoms with E-state index in [0.717, 1.165) is 17.7 Å². The van der Waals surface area contributed by atoms with E-state index in [4.69, 9.17) is 5.11 Å². The number of benzene rings is 3. The van der Waals surface area contributed by atoms with Crippen molar-refractivity contribution in [3.8, 4) is 16.9 Å². The molecule has 0 atom stereocenters. The standard InChI is InChI=1S/C30H23F3N6O3/c1-38-27-23(16-34-38)26-24(25(36-27)19-3-2-4-20(15-19)30(31,32)33)29(42)39(37-26)22-11-7-18(8-12-22)28(41)35-21-9-5-17(6-10-21)13-14-40/h2-12,15-16,37,40H,13-14H2,1H3,(H,35,41). The lowest BCUT2D eigenvalue weighted by Gasteiger charge is -2.09. The predicted octanol–water partition coefficient (Wildman–Crippen LogP) is 5.07. The number of aromatic nitrogens is 5. The van der Waals surface area contributed by atoms with Crippen LogP contribution in [0.2, 0.25) is 0 Å². The summed E-state index contributed by atoms with van der Waals surface area (Å²) in [6, 6.07) is 18.1. The van der Waals surface area contributed by atoms with E-state index in [1.54, 1.807) is 43.4 Å². The molecule has 12 heteroatoms. The average Bonchev–Trinajstić information content (AvgIpc) is 3.53. The zero-order valence-electron chi connectivity index (χ0n) is 22.1. The van der Waals surface area contributed by atoms with Crippen molar-refractivity contribution in [2.24, 2.45) is 7.05 Å². The predicted molar refractivity (Wildman–Crippen MR) is 152 cm³/mol. The summed E-state index contributed by atoms with van der Waals surface area (Å²) in [4.78, 5) is 31.1. The van der Waals surface area contributed by atoms with Gasteiger partial charge in [-0.05, 0) is 60.5 Å². The lowest BCUT2D eigenvalue weighted by Crippen LogP contribution is -2.16. The second kappa shape index (κ2) is 10.3. The summed E-state index contributed by atoms with van der Waals surface area (Å²) < 4.78 is 43.2. The van der Waals surface area contributed by atoms with Gasteiger partial charge in [0.15, 0.2) is 5.65 Å². The number of hydrogen-bond donors (Lipinski definition) is 3. The highest BCUT2D eigenvalue weighted by Crippen LogP contribution is 2.34. The van der Waals surface area contributed by atoms with E-state index in [-0.39, 0.29) is 29.2 Å². The monoisotopic (exact) mass is 572 g/mol. The second-order valence-corrected chi connectivity index (χ2v) is 9.72. The van der Waals surface area contributed by atoms with Gasteiger partial charge in [0, 0.05) is 30.5 Å². The topological polar surface area (TPSA) is 118 Å². The van der Waals surface area contributed by atoms with Crippen molar-refractivity contribution >= 4 is 33.5 Å². The van der Waals surface area contributed by atoms with Gasteiger partial charge in [-0.1, -0.05) is 24.3 Å². The number of aryl methyl sites for hydroxylation is 1. The number of fused-ring (bicyclic) bond motifs is 3. The van der Waals surface area contributed by atoms with Crippen LogP contribution < -0.4 is 10.9 Å². The van der Waals surface area contributed by atoms with Crippen molar-refractivity contribution in [2.75, 3.05) is 11.9 Å². The van der Waals surface area contributed by atoms with Crippen molar-refractivity contribution in [1.29, 1.82) is 0 Å². The highest BCUT2D eigenvalue weighted by molar-refractivity contribution is 6.08. The largest absolute Gasteiger partial charge is 0.416 e. The smallest absolute Gasteiger partial charge is 0.396 e. The fourth-order valence-corrected chi connectivity index (χ4v) is 4.84. The van der Waals surface area contributed by atoms with Crippen molar-refractivity contribution in [3.63, 3.8) is 0 Å². The number of aromatic amines is 1. The summed E-state index contributed by atoms with van der Waals surface area (Å²) in [5.41, 5.74) is 1.91. The van der Waals surface area contributed by atoms with Gasteiger partial charge in [-0.3, -0.25) is 19.4 Å². The fraction of sp³-hybridized carbons (Fsp3) is 0.133. The van der Waals surface area contributed by atoms with Crippen LogP contribution in [-0.2, 0) is 19.6 Å². The van der Waals surface area contributed by atoms with Crippen LogP contribution >= 0.6 is 0 Å². The molecule has 0 aliphatic heterocycles. The Morgan fingerprint density at radius 1 is 1.05 bits per heavy atom. The molecule has 0 aliphatic rings. The number of anilines is 1. The summed E-state index contributed by atoms with van der Waals surface area (Å²) in [7, 11) is 1.65. The molecule has 0 saturated carbocycles. The molecule has 0 spiro atoms.